The van der Waals surface area contributed by atoms with Crippen molar-refractivity contribution in [2.75, 3.05) is 18.8 Å². The molecule has 26 heavy (non-hydrogen) atoms. The SMILES string of the molecule is CCNC(=NCc1ccco1)NCCS(=O)(=O)NCc1ccccc1.I. The fourth-order valence-corrected chi connectivity index (χ4v) is 2.97. The normalized spacial score (nSPS) is 11.7. The van der Waals surface area contributed by atoms with Gasteiger partial charge in [-0.05, 0) is 24.6 Å². The molecule has 0 atom stereocenters. The van der Waals surface area contributed by atoms with Crippen LogP contribution < -0.4 is 15.4 Å². The van der Waals surface area contributed by atoms with Crippen molar-refractivity contribution in [1.82, 2.24) is 15.4 Å². The van der Waals surface area contributed by atoms with Crippen LogP contribution in [0.5, 0.6) is 0 Å². The van der Waals surface area contributed by atoms with E-state index in [4.69, 9.17) is 4.42 Å². The number of hydrogen-bond acceptors (Lipinski definition) is 4. The van der Waals surface area contributed by atoms with Crippen LogP contribution in [0.3, 0.4) is 0 Å². The van der Waals surface area contributed by atoms with Crippen molar-refractivity contribution in [3.8, 4) is 0 Å². The van der Waals surface area contributed by atoms with Gasteiger partial charge in [0.2, 0.25) is 10.0 Å². The quantitative estimate of drug-likeness (QED) is 0.283. The molecular weight excluding hydrogens is 467 g/mol. The monoisotopic (exact) mass is 492 g/mol. The number of halogens is 1. The van der Waals surface area contributed by atoms with Gasteiger partial charge in [0.15, 0.2) is 5.96 Å². The fourth-order valence-electron chi connectivity index (χ4n) is 2.07. The summed E-state index contributed by atoms with van der Waals surface area (Å²) in [4.78, 5) is 4.35. The Morgan fingerprint density at radius 3 is 2.54 bits per heavy atom. The Balaban J connectivity index is 0.00000338. The first-order valence-corrected chi connectivity index (χ1v) is 9.80. The Morgan fingerprint density at radius 2 is 1.88 bits per heavy atom. The second-order valence-electron chi connectivity index (χ2n) is 5.33. The Hall–Kier alpha value is -1.59. The molecule has 0 amide bonds. The predicted molar refractivity (Wildman–Crippen MR) is 114 cm³/mol. The molecule has 0 aliphatic carbocycles. The Morgan fingerprint density at radius 1 is 1.12 bits per heavy atom. The van der Waals surface area contributed by atoms with E-state index in [0.717, 1.165) is 11.3 Å². The van der Waals surface area contributed by atoms with E-state index >= 15 is 0 Å². The molecule has 0 saturated carbocycles. The molecule has 0 aliphatic heterocycles. The molecule has 0 spiro atoms. The van der Waals surface area contributed by atoms with Crippen molar-refractivity contribution in [2.45, 2.75) is 20.0 Å². The van der Waals surface area contributed by atoms with E-state index < -0.39 is 10.0 Å². The van der Waals surface area contributed by atoms with Crippen LogP contribution in [0.25, 0.3) is 0 Å². The summed E-state index contributed by atoms with van der Waals surface area (Å²) >= 11 is 0. The second kappa shape index (κ2) is 11.9. The molecule has 9 heteroatoms. The number of furan rings is 1. The number of nitrogens with zero attached hydrogens (tertiary/aromatic N) is 1. The maximum atomic E-state index is 12.1. The lowest BCUT2D eigenvalue weighted by molar-refractivity contribution is 0.512. The lowest BCUT2D eigenvalue weighted by Gasteiger charge is -2.12. The summed E-state index contributed by atoms with van der Waals surface area (Å²) in [5.74, 6) is 1.26. The first-order chi connectivity index (χ1) is 12.1. The van der Waals surface area contributed by atoms with E-state index in [0.29, 0.717) is 19.0 Å². The first-order valence-electron chi connectivity index (χ1n) is 8.15. The summed E-state index contributed by atoms with van der Waals surface area (Å²) in [6.45, 7) is 3.57. The van der Waals surface area contributed by atoms with Gasteiger partial charge in [-0.3, -0.25) is 0 Å². The molecule has 0 bridgehead atoms. The van der Waals surface area contributed by atoms with Crippen molar-refractivity contribution >= 4 is 40.0 Å². The maximum Gasteiger partial charge on any atom is 0.213 e. The molecule has 2 rings (SSSR count). The average molecular weight is 492 g/mol. The highest BCUT2D eigenvalue weighted by Gasteiger charge is 2.10. The number of sulfonamides is 1. The van der Waals surface area contributed by atoms with Crippen LogP contribution in [-0.2, 0) is 23.1 Å². The largest absolute Gasteiger partial charge is 0.467 e. The van der Waals surface area contributed by atoms with E-state index in [-0.39, 0.29) is 42.8 Å². The van der Waals surface area contributed by atoms with Crippen molar-refractivity contribution in [1.29, 1.82) is 0 Å². The number of hydrogen-bond donors (Lipinski definition) is 3. The molecular formula is C17H25IN4O3S. The Labute approximate surface area is 171 Å². The summed E-state index contributed by atoms with van der Waals surface area (Å²) in [7, 11) is -3.36. The first kappa shape index (κ1) is 22.5. The van der Waals surface area contributed by atoms with Gasteiger partial charge in [0.05, 0.1) is 12.0 Å². The topological polar surface area (TPSA) is 95.7 Å². The molecule has 0 aliphatic rings. The number of benzene rings is 1. The van der Waals surface area contributed by atoms with Gasteiger partial charge in [0.25, 0.3) is 0 Å². The molecule has 1 aromatic carbocycles. The third-order valence-electron chi connectivity index (χ3n) is 3.32. The van der Waals surface area contributed by atoms with E-state index in [2.05, 4.69) is 20.3 Å². The zero-order valence-electron chi connectivity index (χ0n) is 14.6. The van der Waals surface area contributed by atoms with Crippen LogP contribution in [0.4, 0.5) is 0 Å². The molecule has 7 nitrogen and oxygen atoms in total. The molecule has 1 aromatic heterocycles. The minimum atomic E-state index is -3.36. The average Bonchev–Trinajstić information content (AvgIpc) is 3.12. The van der Waals surface area contributed by atoms with Crippen LogP contribution in [-0.4, -0.2) is 33.2 Å². The zero-order valence-corrected chi connectivity index (χ0v) is 17.8. The second-order valence-corrected chi connectivity index (χ2v) is 7.25. The van der Waals surface area contributed by atoms with Crippen molar-refractivity contribution < 1.29 is 12.8 Å². The number of guanidine groups is 1. The maximum absolute atomic E-state index is 12.1. The van der Waals surface area contributed by atoms with Crippen LogP contribution in [0.15, 0.2) is 58.1 Å². The molecule has 0 radical (unpaired) electrons. The third-order valence-corrected chi connectivity index (χ3v) is 4.65. The van der Waals surface area contributed by atoms with Crippen molar-refractivity contribution in [3.63, 3.8) is 0 Å². The van der Waals surface area contributed by atoms with Gasteiger partial charge < -0.3 is 15.1 Å². The van der Waals surface area contributed by atoms with Gasteiger partial charge in [0, 0.05) is 19.6 Å². The summed E-state index contributed by atoms with van der Waals surface area (Å²) in [5.41, 5.74) is 0.924. The molecule has 2 aromatic rings. The van der Waals surface area contributed by atoms with Gasteiger partial charge in [-0.2, -0.15) is 0 Å². The van der Waals surface area contributed by atoms with Crippen LogP contribution >= 0.6 is 24.0 Å². The summed E-state index contributed by atoms with van der Waals surface area (Å²) in [6.07, 6.45) is 1.59. The van der Waals surface area contributed by atoms with E-state index in [1.54, 1.807) is 12.3 Å². The van der Waals surface area contributed by atoms with Gasteiger partial charge in [0.1, 0.15) is 12.3 Å². The summed E-state index contributed by atoms with van der Waals surface area (Å²) < 4.78 is 31.9. The molecule has 3 N–H and O–H groups in total. The Bertz CT molecular complexity index is 750. The highest BCUT2D eigenvalue weighted by molar-refractivity contribution is 14.0. The van der Waals surface area contributed by atoms with Gasteiger partial charge >= 0.3 is 0 Å². The lowest BCUT2D eigenvalue weighted by Crippen LogP contribution is -2.41. The van der Waals surface area contributed by atoms with Crippen LogP contribution in [0, 0.1) is 0 Å². The smallest absolute Gasteiger partial charge is 0.213 e. The standard InChI is InChI=1S/C17H24N4O3S.HI/c1-2-18-17(20-14-16-9-6-11-24-16)19-10-12-25(22,23)21-13-15-7-4-3-5-8-15;/h3-9,11,21H,2,10,12-14H2,1H3,(H2,18,19,20);1H. The third kappa shape index (κ3) is 8.68. The molecule has 1 heterocycles. The minimum Gasteiger partial charge on any atom is -0.467 e. The number of rotatable bonds is 9. The zero-order chi connectivity index (χ0) is 18.0. The fraction of sp³-hybridized carbons (Fsp3) is 0.353. The van der Waals surface area contributed by atoms with Gasteiger partial charge in [-0.15, -0.1) is 24.0 Å². The highest BCUT2D eigenvalue weighted by Crippen LogP contribution is 2.01. The van der Waals surface area contributed by atoms with Gasteiger partial charge in [-0.25, -0.2) is 18.1 Å². The molecule has 0 saturated heterocycles. The highest BCUT2D eigenvalue weighted by atomic mass is 127. The lowest BCUT2D eigenvalue weighted by atomic mass is 10.2. The summed E-state index contributed by atoms with van der Waals surface area (Å²) in [6, 6.07) is 13.1. The van der Waals surface area contributed by atoms with E-state index in [1.807, 2.05) is 43.3 Å². The van der Waals surface area contributed by atoms with Gasteiger partial charge in [-0.1, -0.05) is 30.3 Å². The van der Waals surface area contributed by atoms with Crippen LogP contribution in [0.1, 0.15) is 18.2 Å². The van der Waals surface area contributed by atoms with E-state index in [1.165, 1.54) is 0 Å². The number of aliphatic imine (C=N–C) groups is 1. The molecule has 0 fully saturated rings. The predicted octanol–water partition coefficient (Wildman–Crippen LogP) is 2.07. The van der Waals surface area contributed by atoms with E-state index in [9.17, 15) is 8.42 Å². The van der Waals surface area contributed by atoms with Crippen molar-refractivity contribution in [2.24, 2.45) is 4.99 Å². The van der Waals surface area contributed by atoms with Crippen LogP contribution in [0.2, 0.25) is 0 Å². The Kier molecular flexibility index (Phi) is 10.3. The minimum absolute atomic E-state index is 0. The molecule has 0 unspecified atom stereocenters. The van der Waals surface area contributed by atoms with Crippen molar-refractivity contribution in [3.05, 3.63) is 60.1 Å². The molecule has 144 valence electrons. The number of nitrogens with one attached hydrogen (secondary N) is 3. The summed E-state index contributed by atoms with van der Waals surface area (Å²) in [5, 5.41) is 6.09.